The number of fused-ring (bicyclic) bond motifs is 2. The molecule has 2 saturated heterocycles. The van der Waals surface area contributed by atoms with Crippen molar-refractivity contribution in [2.24, 2.45) is 0 Å². The third-order valence-electron chi connectivity index (χ3n) is 4.49. The van der Waals surface area contributed by atoms with Gasteiger partial charge in [0.05, 0.1) is 7.11 Å². The van der Waals surface area contributed by atoms with Gasteiger partial charge in [-0.1, -0.05) is 6.42 Å². The Hall–Kier alpha value is -1.63. The highest BCUT2D eigenvalue weighted by atomic mass is 16.5. The van der Waals surface area contributed by atoms with Crippen LogP contribution in [-0.2, 0) is 0 Å². The van der Waals surface area contributed by atoms with Gasteiger partial charge in [-0.05, 0) is 32.7 Å². The number of ether oxygens (including phenoxy) is 1. The Morgan fingerprint density at radius 2 is 1.90 bits per heavy atom. The summed E-state index contributed by atoms with van der Waals surface area (Å²) in [6.07, 6.45) is 6.17. The highest BCUT2D eigenvalue weighted by Gasteiger charge is 2.36. The maximum absolute atomic E-state index is 5.66. The molecular weight excluding hydrogens is 256 g/mol. The van der Waals surface area contributed by atoms with Crippen LogP contribution in [0.1, 0.15) is 32.1 Å². The first-order valence-electron chi connectivity index (χ1n) is 7.19. The quantitative estimate of drug-likeness (QED) is 0.848. The van der Waals surface area contributed by atoms with Gasteiger partial charge in [-0.3, -0.25) is 0 Å². The number of piperidine rings is 2. The first kappa shape index (κ1) is 13.4. The van der Waals surface area contributed by atoms with Gasteiger partial charge < -0.3 is 20.7 Å². The van der Waals surface area contributed by atoms with E-state index in [1.165, 1.54) is 26.4 Å². The first-order chi connectivity index (χ1) is 9.65. The van der Waals surface area contributed by atoms with E-state index < -0.39 is 0 Å². The molecule has 2 atom stereocenters. The van der Waals surface area contributed by atoms with Gasteiger partial charge >= 0.3 is 6.01 Å². The van der Waals surface area contributed by atoms with Gasteiger partial charge in [-0.2, -0.15) is 15.0 Å². The molecule has 1 aromatic heterocycles. The lowest BCUT2D eigenvalue weighted by Gasteiger charge is -2.47. The maximum Gasteiger partial charge on any atom is 0.322 e. The number of nitrogens with zero attached hydrogens (tertiary/aromatic N) is 4. The normalized spacial score (nSPS) is 30.0. The Labute approximate surface area is 118 Å². The van der Waals surface area contributed by atoms with Crippen molar-refractivity contribution in [3.63, 3.8) is 0 Å². The van der Waals surface area contributed by atoms with E-state index in [0.717, 1.165) is 12.8 Å². The smallest absolute Gasteiger partial charge is 0.322 e. The minimum Gasteiger partial charge on any atom is -0.467 e. The van der Waals surface area contributed by atoms with Gasteiger partial charge in [-0.15, -0.1) is 0 Å². The van der Waals surface area contributed by atoms with Crippen molar-refractivity contribution in [1.29, 1.82) is 0 Å². The summed E-state index contributed by atoms with van der Waals surface area (Å²) < 4.78 is 5.03. The van der Waals surface area contributed by atoms with Crippen molar-refractivity contribution < 1.29 is 4.74 Å². The van der Waals surface area contributed by atoms with E-state index in [4.69, 9.17) is 10.5 Å². The third-order valence-corrected chi connectivity index (χ3v) is 4.49. The summed E-state index contributed by atoms with van der Waals surface area (Å²) in [7, 11) is 3.77. The molecule has 2 fully saturated rings. The second-order valence-electron chi connectivity index (χ2n) is 5.72. The van der Waals surface area contributed by atoms with Crippen LogP contribution < -0.4 is 15.8 Å². The molecule has 20 heavy (non-hydrogen) atoms. The molecule has 0 aromatic carbocycles. The van der Waals surface area contributed by atoms with Gasteiger partial charge in [0, 0.05) is 18.1 Å². The molecule has 2 aliphatic heterocycles. The number of nitrogens with two attached hydrogens (primary N) is 1. The van der Waals surface area contributed by atoms with Crippen LogP contribution in [0.2, 0.25) is 0 Å². The maximum atomic E-state index is 5.66. The van der Waals surface area contributed by atoms with E-state index in [1.807, 2.05) is 0 Å². The van der Waals surface area contributed by atoms with Crippen LogP contribution in [-0.4, -0.2) is 52.1 Å². The first-order valence-corrected chi connectivity index (χ1v) is 7.19. The monoisotopic (exact) mass is 278 g/mol. The van der Waals surface area contributed by atoms with Crippen molar-refractivity contribution >= 4 is 11.9 Å². The molecule has 0 spiro atoms. The number of hydrogen-bond acceptors (Lipinski definition) is 7. The molecule has 7 heteroatoms. The number of methoxy groups -OCH3 is 1. The summed E-state index contributed by atoms with van der Waals surface area (Å²) >= 11 is 0. The van der Waals surface area contributed by atoms with E-state index in [2.05, 4.69) is 32.2 Å². The largest absolute Gasteiger partial charge is 0.467 e. The number of hydrogen-bond donors (Lipinski definition) is 2. The van der Waals surface area contributed by atoms with Crippen molar-refractivity contribution in [2.45, 2.75) is 50.2 Å². The molecular formula is C13H22N6O. The molecule has 2 bridgehead atoms. The molecule has 2 aliphatic rings. The molecule has 0 saturated carbocycles. The van der Waals surface area contributed by atoms with Gasteiger partial charge in [0.15, 0.2) is 0 Å². The van der Waals surface area contributed by atoms with E-state index >= 15 is 0 Å². The van der Waals surface area contributed by atoms with Crippen LogP contribution in [0.5, 0.6) is 6.01 Å². The summed E-state index contributed by atoms with van der Waals surface area (Å²) in [6.45, 7) is 0. The van der Waals surface area contributed by atoms with Gasteiger partial charge in [0.1, 0.15) is 0 Å². The van der Waals surface area contributed by atoms with Crippen LogP contribution in [0.4, 0.5) is 11.9 Å². The number of rotatable bonds is 3. The summed E-state index contributed by atoms with van der Waals surface area (Å²) in [6, 6.07) is 1.99. The molecule has 3 heterocycles. The lowest BCUT2D eigenvalue weighted by molar-refractivity contribution is 0.0607. The zero-order valence-corrected chi connectivity index (χ0v) is 12.0. The van der Waals surface area contributed by atoms with E-state index in [0.29, 0.717) is 24.1 Å². The van der Waals surface area contributed by atoms with Crippen LogP contribution in [0.3, 0.4) is 0 Å². The number of aromatic nitrogens is 3. The molecule has 1 aromatic rings. The van der Waals surface area contributed by atoms with Crippen LogP contribution in [0, 0.1) is 0 Å². The van der Waals surface area contributed by atoms with Crippen LogP contribution in [0.15, 0.2) is 0 Å². The fourth-order valence-corrected chi connectivity index (χ4v) is 3.44. The predicted octanol–water partition coefficient (Wildman–Crippen LogP) is 0.890. The van der Waals surface area contributed by atoms with Gasteiger partial charge in [0.25, 0.3) is 0 Å². The molecule has 0 aliphatic carbocycles. The zero-order valence-electron chi connectivity index (χ0n) is 12.0. The van der Waals surface area contributed by atoms with E-state index in [1.54, 1.807) is 0 Å². The molecule has 3 rings (SSSR count). The Balaban J connectivity index is 1.70. The zero-order chi connectivity index (χ0) is 14.1. The number of anilines is 2. The summed E-state index contributed by atoms with van der Waals surface area (Å²) in [5, 5.41) is 3.40. The topological polar surface area (TPSA) is 89.2 Å². The number of nitrogen functional groups attached to an aromatic ring is 1. The third kappa shape index (κ3) is 2.63. The lowest BCUT2D eigenvalue weighted by atomic mass is 9.82. The van der Waals surface area contributed by atoms with Crippen molar-refractivity contribution in [2.75, 3.05) is 25.2 Å². The fraction of sp³-hybridized carbons (Fsp3) is 0.769. The lowest BCUT2D eigenvalue weighted by Crippen LogP contribution is -2.52. The summed E-state index contributed by atoms with van der Waals surface area (Å²) in [5.41, 5.74) is 5.66. The van der Waals surface area contributed by atoms with E-state index in [-0.39, 0.29) is 12.0 Å². The fourth-order valence-electron chi connectivity index (χ4n) is 3.44. The Morgan fingerprint density at radius 3 is 2.55 bits per heavy atom. The standard InChI is InChI=1S/C13H22N6O/c1-19-9-4-3-5-10(19)7-8(6-9)15-12-16-11(14)17-13(18-12)20-2/h8-10H,3-7H2,1-2H3,(H3,14,15,16,17,18). The van der Waals surface area contributed by atoms with Gasteiger partial charge in [0.2, 0.25) is 11.9 Å². The summed E-state index contributed by atoms with van der Waals surface area (Å²) in [4.78, 5) is 14.8. The Bertz CT molecular complexity index is 468. The molecule has 7 nitrogen and oxygen atoms in total. The number of nitrogens with one attached hydrogen (secondary N) is 1. The summed E-state index contributed by atoms with van der Waals surface area (Å²) in [5.74, 6) is 0.703. The van der Waals surface area contributed by atoms with Crippen LogP contribution >= 0.6 is 0 Å². The highest BCUT2D eigenvalue weighted by Crippen LogP contribution is 2.33. The predicted molar refractivity (Wildman–Crippen MR) is 76.6 cm³/mol. The Kier molecular flexibility index (Phi) is 3.60. The second kappa shape index (κ2) is 5.40. The molecule has 2 unspecified atom stereocenters. The molecule has 3 N–H and O–H groups in total. The van der Waals surface area contributed by atoms with Crippen molar-refractivity contribution in [1.82, 2.24) is 19.9 Å². The SMILES string of the molecule is COc1nc(N)nc(NC2CC3CCCC(C2)N3C)n1. The second-order valence-corrected chi connectivity index (χ2v) is 5.72. The average Bonchev–Trinajstić information content (AvgIpc) is 2.39. The van der Waals surface area contributed by atoms with Crippen molar-refractivity contribution in [3.05, 3.63) is 0 Å². The molecule has 0 amide bonds. The van der Waals surface area contributed by atoms with Crippen molar-refractivity contribution in [3.8, 4) is 6.01 Å². The van der Waals surface area contributed by atoms with Gasteiger partial charge in [-0.25, -0.2) is 0 Å². The minimum absolute atomic E-state index is 0.187. The van der Waals surface area contributed by atoms with E-state index in [9.17, 15) is 0 Å². The Morgan fingerprint density at radius 1 is 1.20 bits per heavy atom. The minimum atomic E-state index is 0.187. The average molecular weight is 278 g/mol. The highest BCUT2D eigenvalue weighted by molar-refractivity contribution is 5.34. The molecule has 0 radical (unpaired) electrons. The molecule has 110 valence electrons. The van der Waals surface area contributed by atoms with Crippen LogP contribution in [0.25, 0.3) is 0 Å².